The lowest BCUT2D eigenvalue weighted by molar-refractivity contribution is -0.146. The van der Waals surface area contributed by atoms with E-state index in [-0.39, 0.29) is 5.91 Å². The molecule has 1 saturated carbocycles. The Hall–Kier alpha value is -1.67. The second-order valence-corrected chi connectivity index (χ2v) is 8.66. The number of morpholine rings is 1. The van der Waals surface area contributed by atoms with Gasteiger partial charge in [0.2, 0.25) is 0 Å². The predicted octanol–water partition coefficient (Wildman–Crippen LogP) is 2.90. The minimum Gasteiger partial charge on any atom is -0.385 e. The lowest BCUT2D eigenvalue weighted by atomic mass is 10.1. The number of pyridine rings is 1. The van der Waals surface area contributed by atoms with Crippen molar-refractivity contribution in [1.29, 1.82) is 0 Å². The molecule has 0 spiro atoms. The van der Waals surface area contributed by atoms with Crippen LogP contribution in [0.1, 0.15) is 36.9 Å². The number of nitrogens with zero attached hydrogens (tertiary/aromatic N) is 3. The Morgan fingerprint density at radius 3 is 2.97 bits per heavy atom. The number of nitrogens with one attached hydrogen (secondary N) is 1. The third-order valence-electron chi connectivity index (χ3n) is 5.80. The molecule has 1 aliphatic heterocycles. The predicted molar refractivity (Wildman–Crippen MR) is 117 cm³/mol. The number of unbranched alkanes of at least 4 members (excludes halogenated alkanes) is 1. The van der Waals surface area contributed by atoms with Crippen LogP contribution in [0.2, 0.25) is 5.02 Å². The Bertz CT molecular complexity index is 890. The van der Waals surface area contributed by atoms with E-state index in [1.54, 1.807) is 7.11 Å². The van der Waals surface area contributed by atoms with E-state index in [0.29, 0.717) is 30.8 Å². The number of halogens is 1. The Balaban J connectivity index is 1.60. The van der Waals surface area contributed by atoms with Gasteiger partial charge in [-0.3, -0.25) is 4.79 Å². The van der Waals surface area contributed by atoms with Crippen molar-refractivity contribution in [2.24, 2.45) is 0 Å². The summed E-state index contributed by atoms with van der Waals surface area (Å²) in [6.45, 7) is 6.04. The fourth-order valence-electron chi connectivity index (χ4n) is 4.12. The van der Waals surface area contributed by atoms with Crippen LogP contribution >= 0.6 is 11.6 Å². The molecular formula is C22H31ClN4O3. The van der Waals surface area contributed by atoms with Gasteiger partial charge in [0, 0.05) is 68.8 Å². The summed E-state index contributed by atoms with van der Waals surface area (Å²) in [5, 5.41) is 4.91. The van der Waals surface area contributed by atoms with Gasteiger partial charge < -0.3 is 24.3 Å². The van der Waals surface area contributed by atoms with Crippen molar-refractivity contribution in [1.82, 2.24) is 19.8 Å². The van der Waals surface area contributed by atoms with Crippen LogP contribution in [-0.4, -0.2) is 65.9 Å². The van der Waals surface area contributed by atoms with Crippen LogP contribution in [0.5, 0.6) is 0 Å². The number of carbonyl (C=O) groups excluding carboxylic acids is 1. The number of methoxy groups -OCH3 is 1. The molecule has 1 N–H and O–H groups in total. The van der Waals surface area contributed by atoms with Crippen LogP contribution in [-0.2, 0) is 27.4 Å². The summed E-state index contributed by atoms with van der Waals surface area (Å²) in [5.41, 5.74) is 2.84. The summed E-state index contributed by atoms with van der Waals surface area (Å²) < 4.78 is 13.1. The van der Waals surface area contributed by atoms with Crippen LogP contribution in [0.4, 0.5) is 0 Å². The SMILES string of the molecule is COCCCCn1cc(CN(C(=O)[C@H]2CNCCO2)C2CC2)c2c(Cl)cc(C)nc21. The summed E-state index contributed by atoms with van der Waals surface area (Å²) >= 11 is 6.66. The molecular weight excluding hydrogens is 404 g/mol. The number of fused-ring (bicyclic) bond motifs is 1. The molecule has 0 aromatic carbocycles. The minimum atomic E-state index is -0.405. The number of hydrogen-bond donors (Lipinski definition) is 1. The molecule has 7 nitrogen and oxygen atoms in total. The Morgan fingerprint density at radius 2 is 2.27 bits per heavy atom. The molecule has 1 aliphatic carbocycles. The van der Waals surface area contributed by atoms with Crippen LogP contribution in [0.15, 0.2) is 12.3 Å². The summed E-state index contributed by atoms with van der Waals surface area (Å²) in [6, 6.07) is 2.19. The molecule has 1 amide bonds. The second-order valence-electron chi connectivity index (χ2n) is 8.25. The number of amides is 1. The van der Waals surface area contributed by atoms with E-state index in [9.17, 15) is 4.79 Å². The zero-order chi connectivity index (χ0) is 21.1. The highest BCUT2D eigenvalue weighted by Crippen LogP contribution is 2.34. The van der Waals surface area contributed by atoms with Crippen molar-refractivity contribution >= 4 is 28.5 Å². The van der Waals surface area contributed by atoms with Crippen molar-refractivity contribution in [3.8, 4) is 0 Å². The molecule has 2 fully saturated rings. The van der Waals surface area contributed by atoms with Gasteiger partial charge in [0.15, 0.2) is 0 Å². The lowest BCUT2D eigenvalue weighted by Gasteiger charge is -2.30. The maximum absolute atomic E-state index is 13.2. The Kier molecular flexibility index (Phi) is 6.93. The molecule has 8 heteroatoms. The first-order chi connectivity index (χ1) is 14.6. The highest BCUT2D eigenvalue weighted by molar-refractivity contribution is 6.35. The molecule has 2 aromatic rings. The van der Waals surface area contributed by atoms with Crippen LogP contribution in [0, 0.1) is 6.92 Å². The summed E-state index contributed by atoms with van der Waals surface area (Å²) in [7, 11) is 1.73. The van der Waals surface area contributed by atoms with E-state index < -0.39 is 6.10 Å². The van der Waals surface area contributed by atoms with Gasteiger partial charge in [-0.05, 0) is 38.7 Å². The average molecular weight is 435 g/mol. The van der Waals surface area contributed by atoms with E-state index in [1.165, 1.54) is 0 Å². The van der Waals surface area contributed by atoms with Gasteiger partial charge in [0.05, 0.1) is 11.6 Å². The van der Waals surface area contributed by atoms with Crippen LogP contribution < -0.4 is 5.32 Å². The van der Waals surface area contributed by atoms with Gasteiger partial charge >= 0.3 is 0 Å². The standard InChI is InChI=1S/C22H31ClN4O3/c1-15-11-18(23)20-16(13-26(21(20)25-15)8-3-4-9-29-2)14-27(17-5-6-17)22(28)19-12-24-7-10-30-19/h11,13,17,19,24H,3-10,12,14H2,1-2H3/t19-/m1/s1. The zero-order valence-corrected chi connectivity index (χ0v) is 18.6. The topological polar surface area (TPSA) is 68.6 Å². The Labute approximate surface area is 182 Å². The van der Waals surface area contributed by atoms with Gasteiger partial charge in [0.1, 0.15) is 11.8 Å². The van der Waals surface area contributed by atoms with E-state index in [1.807, 2.05) is 17.9 Å². The quantitative estimate of drug-likeness (QED) is 0.614. The highest BCUT2D eigenvalue weighted by atomic mass is 35.5. The Morgan fingerprint density at radius 1 is 1.43 bits per heavy atom. The minimum absolute atomic E-state index is 0.0712. The third kappa shape index (κ3) is 4.80. The maximum atomic E-state index is 13.2. The van der Waals surface area contributed by atoms with Gasteiger partial charge in [0.25, 0.3) is 5.91 Å². The molecule has 30 heavy (non-hydrogen) atoms. The van der Waals surface area contributed by atoms with E-state index >= 15 is 0 Å². The maximum Gasteiger partial charge on any atom is 0.253 e. The number of aromatic nitrogens is 2. The number of aryl methyl sites for hydroxylation is 2. The second kappa shape index (κ2) is 9.64. The van der Waals surface area contributed by atoms with E-state index in [0.717, 1.165) is 67.7 Å². The molecule has 1 atom stereocenters. The van der Waals surface area contributed by atoms with Gasteiger partial charge in [-0.2, -0.15) is 0 Å². The lowest BCUT2D eigenvalue weighted by Crippen LogP contribution is -2.49. The molecule has 164 valence electrons. The van der Waals surface area contributed by atoms with Crippen LogP contribution in [0.25, 0.3) is 11.0 Å². The van der Waals surface area contributed by atoms with Crippen molar-refractivity contribution in [3.05, 3.63) is 28.5 Å². The monoisotopic (exact) mass is 434 g/mol. The molecule has 0 bridgehead atoms. The molecule has 0 radical (unpaired) electrons. The van der Waals surface area contributed by atoms with Crippen LogP contribution in [0.3, 0.4) is 0 Å². The van der Waals surface area contributed by atoms with Gasteiger partial charge in [-0.25, -0.2) is 4.98 Å². The van der Waals surface area contributed by atoms with Crippen molar-refractivity contribution in [3.63, 3.8) is 0 Å². The molecule has 4 rings (SSSR count). The fourth-order valence-corrected chi connectivity index (χ4v) is 4.48. The molecule has 2 aromatic heterocycles. The summed E-state index contributed by atoms with van der Waals surface area (Å²) in [5.74, 6) is 0.0712. The third-order valence-corrected chi connectivity index (χ3v) is 6.10. The van der Waals surface area contributed by atoms with E-state index in [2.05, 4.69) is 16.1 Å². The highest BCUT2D eigenvalue weighted by Gasteiger charge is 2.37. The summed E-state index contributed by atoms with van der Waals surface area (Å²) in [6.07, 6.45) is 5.80. The zero-order valence-electron chi connectivity index (χ0n) is 17.8. The largest absolute Gasteiger partial charge is 0.385 e. The molecule has 3 heterocycles. The number of ether oxygens (including phenoxy) is 2. The summed E-state index contributed by atoms with van der Waals surface area (Å²) in [4.78, 5) is 20.0. The number of rotatable bonds is 9. The molecule has 1 saturated heterocycles. The van der Waals surface area contributed by atoms with Crippen molar-refractivity contribution in [2.45, 2.75) is 57.8 Å². The first-order valence-corrected chi connectivity index (χ1v) is 11.2. The fraction of sp³-hybridized carbons (Fsp3) is 0.636. The smallest absolute Gasteiger partial charge is 0.253 e. The first kappa shape index (κ1) is 21.6. The number of carbonyl (C=O) groups is 1. The average Bonchev–Trinajstić information content (AvgIpc) is 3.52. The first-order valence-electron chi connectivity index (χ1n) is 10.8. The van der Waals surface area contributed by atoms with Gasteiger partial charge in [-0.15, -0.1) is 0 Å². The van der Waals surface area contributed by atoms with Crippen molar-refractivity contribution < 1.29 is 14.3 Å². The van der Waals surface area contributed by atoms with Gasteiger partial charge in [-0.1, -0.05) is 11.6 Å². The normalized spacial score (nSPS) is 19.4. The van der Waals surface area contributed by atoms with Crippen molar-refractivity contribution in [2.75, 3.05) is 33.4 Å². The number of hydrogen-bond acceptors (Lipinski definition) is 5. The molecule has 0 unspecified atom stereocenters. The van der Waals surface area contributed by atoms with E-state index in [4.69, 9.17) is 26.1 Å². The molecule has 2 aliphatic rings.